The van der Waals surface area contributed by atoms with E-state index in [4.69, 9.17) is 4.74 Å². The molecular weight excluding hydrogens is 198 g/mol. The topological polar surface area (TPSA) is 21.3 Å². The van der Waals surface area contributed by atoms with E-state index in [2.05, 4.69) is 25.2 Å². The molecule has 2 rings (SSSR count). The van der Waals surface area contributed by atoms with Crippen molar-refractivity contribution < 1.29 is 4.74 Å². The third kappa shape index (κ3) is 2.67. The Labute approximate surface area is 99.4 Å². The maximum Gasteiger partial charge on any atom is 0.0792 e. The summed E-state index contributed by atoms with van der Waals surface area (Å²) in [4.78, 5) is 0. The van der Waals surface area contributed by atoms with Crippen LogP contribution in [0.4, 0.5) is 0 Å². The highest BCUT2D eigenvalue weighted by atomic mass is 16.5. The molecule has 16 heavy (non-hydrogen) atoms. The maximum absolute atomic E-state index is 5.93. The second-order valence-electron chi connectivity index (χ2n) is 5.20. The molecule has 3 atom stereocenters. The minimum absolute atomic E-state index is 0.413. The quantitative estimate of drug-likeness (QED) is 0.724. The van der Waals surface area contributed by atoms with Gasteiger partial charge in [0.1, 0.15) is 0 Å². The van der Waals surface area contributed by atoms with Gasteiger partial charge in [0, 0.05) is 6.61 Å². The average molecular weight is 223 g/mol. The van der Waals surface area contributed by atoms with Gasteiger partial charge in [-0.25, -0.2) is 0 Å². The minimum atomic E-state index is 0.413. The highest BCUT2D eigenvalue weighted by Crippen LogP contribution is 2.30. The highest BCUT2D eigenvalue weighted by molar-refractivity contribution is 5.18. The summed E-state index contributed by atoms with van der Waals surface area (Å²) in [6, 6.07) is 0.486. The number of hydrogen-bond donors (Lipinski definition) is 1. The van der Waals surface area contributed by atoms with E-state index in [0.29, 0.717) is 18.1 Å². The molecule has 1 saturated heterocycles. The highest BCUT2D eigenvalue weighted by Gasteiger charge is 2.34. The SMILES string of the molecule is CCCNC(C1=CCCC1)C1OCCC1C. The van der Waals surface area contributed by atoms with Crippen molar-refractivity contribution in [2.45, 2.75) is 58.1 Å². The van der Waals surface area contributed by atoms with E-state index in [9.17, 15) is 0 Å². The van der Waals surface area contributed by atoms with Crippen LogP contribution in [0.2, 0.25) is 0 Å². The fourth-order valence-corrected chi connectivity index (χ4v) is 2.88. The first-order valence-electron chi connectivity index (χ1n) is 6.87. The molecule has 2 heteroatoms. The van der Waals surface area contributed by atoms with Crippen LogP contribution in [0.5, 0.6) is 0 Å². The predicted octanol–water partition coefficient (Wildman–Crippen LogP) is 2.89. The molecule has 0 bridgehead atoms. The molecule has 92 valence electrons. The third-order valence-electron chi connectivity index (χ3n) is 3.86. The van der Waals surface area contributed by atoms with Crippen LogP contribution in [-0.2, 0) is 4.74 Å². The van der Waals surface area contributed by atoms with E-state index in [0.717, 1.165) is 13.2 Å². The number of ether oxygens (including phenoxy) is 1. The van der Waals surface area contributed by atoms with Crippen LogP contribution in [0, 0.1) is 5.92 Å². The Bertz CT molecular complexity index is 249. The molecule has 0 aromatic carbocycles. The Morgan fingerprint density at radius 3 is 3.00 bits per heavy atom. The number of nitrogens with one attached hydrogen (secondary N) is 1. The van der Waals surface area contributed by atoms with Gasteiger partial charge in [-0.3, -0.25) is 0 Å². The molecule has 1 heterocycles. The van der Waals surface area contributed by atoms with Crippen molar-refractivity contribution >= 4 is 0 Å². The van der Waals surface area contributed by atoms with Crippen molar-refractivity contribution in [3.63, 3.8) is 0 Å². The zero-order valence-corrected chi connectivity index (χ0v) is 10.7. The van der Waals surface area contributed by atoms with Gasteiger partial charge in [-0.1, -0.05) is 25.5 Å². The van der Waals surface area contributed by atoms with Gasteiger partial charge < -0.3 is 10.1 Å². The summed E-state index contributed by atoms with van der Waals surface area (Å²) in [6.07, 6.45) is 9.14. The molecule has 2 aliphatic rings. The van der Waals surface area contributed by atoms with E-state index in [-0.39, 0.29) is 0 Å². The molecular formula is C14H25NO. The van der Waals surface area contributed by atoms with E-state index in [1.807, 2.05) is 0 Å². The van der Waals surface area contributed by atoms with Crippen molar-refractivity contribution in [3.8, 4) is 0 Å². The van der Waals surface area contributed by atoms with Crippen LogP contribution in [0.15, 0.2) is 11.6 Å². The normalized spacial score (nSPS) is 31.8. The number of rotatable bonds is 5. The molecule has 0 saturated carbocycles. The number of allylic oxidation sites excluding steroid dienone is 1. The van der Waals surface area contributed by atoms with Crippen LogP contribution in [-0.4, -0.2) is 25.3 Å². The summed E-state index contributed by atoms with van der Waals surface area (Å²) in [5.74, 6) is 0.704. The lowest BCUT2D eigenvalue weighted by atomic mass is 9.92. The van der Waals surface area contributed by atoms with Crippen molar-refractivity contribution in [2.75, 3.05) is 13.2 Å². The van der Waals surface area contributed by atoms with E-state index >= 15 is 0 Å². The molecule has 0 spiro atoms. The van der Waals surface area contributed by atoms with Gasteiger partial charge in [-0.2, -0.15) is 0 Å². The van der Waals surface area contributed by atoms with Crippen molar-refractivity contribution in [3.05, 3.63) is 11.6 Å². The standard InChI is InChI=1S/C14H25NO/c1-3-9-15-13(12-6-4-5-7-12)14-11(2)8-10-16-14/h6,11,13-15H,3-5,7-10H2,1-2H3. The zero-order chi connectivity index (χ0) is 11.4. The largest absolute Gasteiger partial charge is 0.376 e. The van der Waals surface area contributed by atoms with Crippen molar-refractivity contribution in [2.24, 2.45) is 5.92 Å². The van der Waals surface area contributed by atoms with Gasteiger partial charge in [0.15, 0.2) is 0 Å². The lowest BCUT2D eigenvalue weighted by Gasteiger charge is -2.28. The second kappa shape index (κ2) is 5.83. The lowest BCUT2D eigenvalue weighted by Crippen LogP contribution is -2.43. The molecule has 1 fully saturated rings. The minimum Gasteiger partial charge on any atom is -0.376 e. The molecule has 2 nitrogen and oxygen atoms in total. The Balaban J connectivity index is 2.01. The van der Waals surface area contributed by atoms with Crippen LogP contribution in [0.3, 0.4) is 0 Å². The summed E-state index contributed by atoms with van der Waals surface area (Å²) < 4.78 is 5.93. The first-order chi connectivity index (χ1) is 7.83. The van der Waals surface area contributed by atoms with Gasteiger partial charge in [0.2, 0.25) is 0 Å². The molecule has 0 aromatic heterocycles. The molecule has 0 aromatic rings. The summed E-state index contributed by atoms with van der Waals surface area (Å²) in [6.45, 7) is 6.61. The average Bonchev–Trinajstić information content (AvgIpc) is 2.91. The van der Waals surface area contributed by atoms with E-state index in [1.165, 1.54) is 32.1 Å². The molecule has 1 N–H and O–H groups in total. The van der Waals surface area contributed by atoms with Crippen LogP contribution < -0.4 is 5.32 Å². The fraction of sp³-hybridized carbons (Fsp3) is 0.857. The summed E-state index contributed by atoms with van der Waals surface area (Å²) in [5.41, 5.74) is 1.60. The smallest absolute Gasteiger partial charge is 0.0792 e. The fourth-order valence-electron chi connectivity index (χ4n) is 2.88. The predicted molar refractivity (Wildman–Crippen MR) is 67.5 cm³/mol. The summed E-state index contributed by atoms with van der Waals surface area (Å²) in [5, 5.41) is 3.69. The van der Waals surface area contributed by atoms with Crippen LogP contribution in [0.1, 0.15) is 46.0 Å². The van der Waals surface area contributed by atoms with Crippen molar-refractivity contribution in [1.82, 2.24) is 5.32 Å². The van der Waals surface area contributed by atoms with E-state index in [1.54, 1.807) is 5.57 Å². The molecule has 0 radical (unpaired) electrons. The van der Waals surface area contributed by atoms with E-state index < -0.39 is 0 Å². The van der Waals surface area contributed by atoms with Crippen LogP contribution in [0.25, 0.3) is 0 Å². The molecule has 1 aliphatic heterocycles. The zero-order valence-electron chi connectivity index (χ0n) is 10.7. The van der Waals surface area contributed by atoms with Gasteiger partial charge in [-0.15, -0.1) is 0 Å². The Morgan fingerprint density at radius 2 is 2.44 bits per heavy atom. The third-order valence-corrected chi connectivity index (χ3v) is 3.86. The Kier molecular flexibility index (Phi) is 4.42. The molecule has 0 amide bonds. The second-order valence-corrected chi connectivity index (χ2v) is 5.20. The van der Waals surface area contributed by atoms with Gasteiger partial charge in [0.25, 0.3) is 0 Å². The van der Waals surface area contributed by atoms with Gasteiger partial charge in [0.05, 0.1) is 12.1 Å². The molecule has 3 unspecified atom stereocenters. The number of hydrogen-bond acceptors (Lipinski definition) is 2. The summed E-state index contributed by atoms with van der Waals surface area (Å²) >= 11 is 0. The first-order valence-corrected chi connectivity index (χ1v) is 6.87. The lowest BCUT2D eigenvalue weighted by molar-refractivity contribution is 0.0706. The molecule has 1 aliphatic carbocycles. The summed E-state index contributed by atoms with van der Waals surface area (Å²) in [7, 11) is 0. The first kappa shape index (κ1) is 12.1. The monoisotopic (exact) mass is 223 g/mol. The van der Waals surface area contributed by atoms with Gasteiger partial charge >= 0.3 is 0 Å². The van der Waals surface area contributed by atoms with Crippen LogP contribution >= 0.6 is 0 Å². The Morgan fingerprint density at radius 1 is 1.56 bits per heavy atom. The Hall–Kier alpha value is -0.340. The van der Waals surface area contributed by atoms with Gasteiger partial charge in [-0.05, 0) is 44.6 Å². The maximum atomic E-state index is 5.93. The van der Waals surface area contributed by atoms with Crippen molar-refractivity contribution in [1.29, 1.82) is 0 Å².